The number of halogens is 2. The highest BCUT2D eigenvalue weighted by molar-refractivity contribution is 6.30. The zero-order valence-corrected chi connectivity index (χ0v) is 16.8. The molecule has 0 unspecified atom stereocenters. The highest BCUT2D eigenvalue weighted by atomic mass is 35.5. The monoisotopic (exact) mass is 426 g/mol. The summed E-state index contributed by atoms with van der Waals surface area (Å²) in [5.41, 5.74) is 2.57. The molecule has 0 atom stereocenters. The van der Waals surface area contributed by atoms with Crippen molar-refractivity contribution < 1.29 is 18.4 Å². The molecule has 2 aromatic carbocycles. The van der Waals surface area contributed by atoms with Gasteiger partial charge < -0.3 is 14.6 Å². The number of anilines is 2. The minimum Gasteiger partial charge on any atom is -0.460 e. The molecule has 7 nitrogen and oxygen atoms in total. The van der Waals surface area contributed by atoms with Crippen LogP contribution >= 0.6 is 11.6 Å². The van der Waals surface area contributed by atoms with Gasteiger partial charge in [0.2, 0.25) is 5.82 Å². The Kier molecular flexibility index (Phi) is 5.33. The second kappa shape index (κ2) is 8.08. The van der Waals surface area contributed by atoms with Gasteiger partial charge in [-0.2, -0.15) is 4.98 Å². The van der Waals surface area contributed by atoms with Crippen molar-refractivity contribution in [3.05, 3.63) is 64.7 Å². The van der Waals surface area contributed by atoms with E-state index in [2.05, 4.69) is 20.4 Å². The molecule has 0 bridgehead atoms. The highest BCUT2D eigenvalue weighted by Gasteiger charge is 2.22. The molecule has 4 rings (SSSR count). The third-order valence-electron chi connectivity index (χ3n) is 4.35. The Morgan fingerprint density at radius 2 is 1.97 bits per heavy atom. The molecule has 0 saturated carbocycles. The van der Waals surface area contributed by atoms with Crippen molar-refractivity contribution in [1.82, 2.24) is 15.1 Å². The topological polar surface area (TPSA) is 90.1 Å². The fourth-order valence-electron chi connectivity index (χ4n) is 2.93. The van der Waals surface area contributed by atoms with E-state index < -0.39 is 5.97 Å². The van der Waals surface area contributed by atoms with Crippen LogP contribution in [-0.4, -0.2) is 27.7 Å². The predicted molar refractivity (Wildman–Crippen MR) is 110 cm³/mol. The number of benzene rings is 2. The van der Waals surface area contributed by atoms with Crippen LogP contribution in [0.1, 0.15) is 23.1 Å². The molecule has 0 aliphatic carbocycles. The molecule has 0 spiro atoms. The van der Waals surface area contributed by atoms with Gasteiger partial charge in [-0.05, 0) is 49.7 Å². The number of fused-ring (bicyclic) bond motifs is 1. The average Bonchev–Trinajstić information content (AvgIpc) is 3.15. The van der Waals surface area contributed by atoms with Gasteiger partial charge in [0.05, 0.1) is 6.61 Å². The average molecular weight is 427 g/mol. The fourth-order valence-corrected chi connectivity index (χ4v) is 3.06. The van der Waals surface area contributed by atoms with E-state index in [-0.39, 0.29) is 29.8 Å². The van der Waals surface area contributed by atoms with Crippen LogP contribution in [0.2, 0.25) is 5.02 Å². The molecule has 0 saturated heterocycles. The molecule has 0 amide bonds. The lowest BCUT2D eigenvalue weighted by molar-refractivity contribution is 0.0512. The first-order valence-electron chi connectivity index (χ1n) is 9.10. The summed E-state index contributed by atoms with van der Waals surface area (Å²) >= 11 is 5.98. The smallest absolute Gasteiger partial charge is 0.376 e. The van der Waals surface area contributed by atoms with E-state index in [1.807, 2.05) is 0 Å². The number of nitrogens with one attached hydrogen (secondary N) is 1. The largest absolute Gasteiger partial charge is 0.460 e. The van der Waals surface area contributed by atoms with Crippen molar-refractivity contribution in [2.75, 3.05) is 11.9 Å². The lowest BCUT2D eigenvalue weighted by Crippen LogP contribution is -2.11. The summed E-state index contributed by atoms with van der Waals surface area (Å²) in [4.78, 5) is 20.7. The van der Waals surface area contributed by atoms with Crippen LogP contribution in [0.4, 0.5) is 15.9 Å². The molecule has 1 N–H and O–H groups in total. The number of esters is 1. The van der Waals surface area contributed by atoms with Gasteiger partial charge in [0, 0.05) is 16.3 Å². The van der Waals surface area contributed by atoms with Crippen LogP contribution in [0.25, 0.3) is 22.4 Å². The summed E-state index contributed by atoms with van der Waals surface area (Å²) in [6.07, 6.45) is 0. The molecular weight excluding hydrogens is 411 g/mol. The van der Waals surface area contributed by atoms with E-state index in [4.69, 9.17) is 20.9 Å². The third-order valence-corrected chi connectivity index (χ3v) is 4.61. The summed E-state index contributed by atoms with van der Waals surface area (Å²) in [6, 6.07) is 11.3. The van der Waals surface area contributed by atoms with Crippen molar-refractivity contribution in [2.24, 2.45) is 0 Å². The van der Waals surface area contributed by atoms with E-state index >= 15 is 0 Å². The lowest BCUT2D eigenvalue weighted by atomic mass is 10.1. The first kappa shape index (κ1) is 19.8. The van der Waals surface area contributed by atoms with Crippen molar-refractivity contribution in [1.29, 1.82) is 0 Å². The van der Waals surface area contributed by atoms with E-state index in [1.54, 1.807) is 44.2 Å². The van der Waals surface area contributed by atoms with E-state index in [1.165, 1.54) is 12.1 Å². The van der Waals surface area contributed by atoms with Gasteiger partial charge in [0.1, 0.15) is 22.7 Å². The number of hydrogen-bond acceptors (Lipinski definition) is 7. The predicted octanol–water partition coefficient (Wildman–Crippen LogP) is 5.31. The first-order valence-corrected chi connectivity index (χ1v) is 9.47. The minimum absolute atomic E-state index is 0.111. The first-order chi connectivity index (χ1) is 14.5. The normalized spacial score (nSPS) is 10.9. The van der Waals surface area contributed by atoms with Gasteiger partial charge in [-0.1, -0.05) is 28.9 Å². The lowest BCUT2D eigenvalue weighted by Gasteiger charge is -2.11. The van der Waals surface area contributed by atoms with Gasteiger partial charge in [0.25, 0.3) is 5.71 Å². The maximum atomic E-state index is 13.5. The van der Waals surface area contributed by atoms with Gasteiger partial charge in [0.15, 0.2) is 0 Å². The Labute approximate surface area is 175 Å². The summed E-state index contributed by atoms with van der Waals surface area (Å²) in [7, 11) is 0. The Hall–Kier alpha value is -3.52. The number of hydrogen-bond donors (Lipinski definition) is 1. The fraction of sp³-hybridized carbons (Fsp3) is 0.143. The van der Waals surface area contributed by atoms with Crippen LogP contribution in [-0.2, 0) is 4.74 Å². The molecule has 9 heteroatoms. The quantitative estimate of drug-likeness (QED) is 0.432. The van der Waals surface area contributed by atoms with Crippen LogP contribution in [0.3, 0.4) is 0 Å². The standard InChI is InChI=1S/C21H16ClFN4O3/c1-3-29-21(28)19-25-18(24-15-9-8-14(23)10-11(15)2)16-17(27-30-20(16)26-19)12-4-6-13(22)7-5-12/h4-10H,3H2,1-2H3,(H,24,25,26). The molecule has 2 heterocycles. The third kappa shape index (κ3) is 3.81. The summed E-state index contributed by atoms with van der Waals surface area (Å²) < 4.78 is 23.9. The maximum absolute atomic E-state index is 13.5. The molecule has 0 fully saturated rings. The number of aromatic nitrogens is 3. The highest BCUT2D eigenvalue weighted by Crippen LogP contribution is 2.34. The van der Waals surface area contributed by atoms with Crippen LogP contribution in [0.5, 0.6) is 0 Å². The van der Waals surface area contributed by atoms with Crippen molar-refractivity contribution >= 4 is 40.2 Å². The van der Waals surface area contributed by atoms with Gasteiger partial charge in [-0.15, -0.1) is 0 Å². The number of carbonyl (C=O) groups is 1. The molecule has 0 aliphatic rings. The van der Waals surface area contributed by atoms with Crippen LogP contribution in [0.15, 0.2) is 47.0 Å². The minimum atomic E-state index is -0.692. The molecule has 2 aromatic heterocycles. The number of rotatable bonds is 5. The zero-order valence-electron chi connectivity index (χ0n) is 16.1. The summed E-state index contributed by atoms with van der Waals surface area (Å²) in [5.74, 6) is -0.943. The van der Waals surface area contributed by atoms with E-state index in [9.17, 15) is 9.18 Å². The number of aryl methyl sites for hydroxylation is 1. The van der Waals surface area contributed by atoms with Gasteiger partial charge in [-0.25, -0.2) is 14.2 Å². The molecule has 30 heavy (non-hydrogen) atoms. The van der Waals surface area contributed by atoms with Gasteiger partial charge >= 0.3 is 5.97 Å². The Morgan fingerprint density at radius 1 is 1.20 bits per heavy atom. The molecular formula is C21H16ClFN4O3. The van der Waals surface area contributed by atoms with Gasteiger partial charge in [-0.3, -0.25) is 0 Å². The molecule has 0 aliphatic heterocycles. The Balaban J connectivity index is 1.89. The Morgan fingerprint density at radius 3 is 2.67 bits per heavy atom. The van der Waals surface area contributed by atoms with Crippen LogP contribution < -0.4 is 5.32 Å². The van der Waals surface area contributed by atoms with Crippen LogP contribution in [0, 0.1) is 12.7 Å². The molecule has 152 valence electrons. The second-order valence-corrected chi connectivity index (χ2v) is 6.86. The number of carbonyl (C=O) groups excluding carboxylic acids is 1. The number of nitrogens with zero attached hydrogens (tertiary/aromatic N) is 3. The molecule has 0 radical (unpaired) electrons. The van der Waals surface area contributed by atoms with Crippen molar-refractivity contribution in [3.8, 4) is 11.3 Å². The Bertz CT molecular complexity index is 1240. The SMILES string of the molecule is CCOC(=O)c1nc(Nc2ccc(F)cc2C)c2c(-c3ccc(Cl)cc3)noc2n1. The van der Waals surface area contributed by atoms with E-state index in [0.29, 0.717) is 27.4 Å². The van der Waals surface area contributed by atoms with Crippen molar-refractivity contribution in [3.63, 3.8) is 0 Å². The summed E-state index contributed by atoms with van der Waals surface area (Å²) in [6.45, 7) is 3.61. The maximum Gasteiger partial charge on any atom is 0.376 e. The van der Waals surface area contributed by atoms with Crippen molar-refractivity contribution in [2.45, 2.75) is 13.8 Å². The molecule has 4 aromatic rings. The number of ether oxygens (including phenoxy) is 1. The van der Waals surface area contributed by atoms with E-state index in [0.717, 1.165) is 5.56 Å². The summed E-state index contributed by atoms with van der Waals surface area (Å²) in [5, 5.41) is 8.29. The second-order valence-electron chi connectivity index (χ2n) is 6.42. The zero-order chi connectivity index (χ0) is 21.3.